The summed E-state index contributed by atoms with van der Waals surface area (Å²) in [6.07, 6.45) is 2.51. The van der Waals surface area contributed by atoms with Crippen molar-refractivity contribution in [3.63, 3.8) is 0 Å². The number of carbonyl (C=O) groups is 1. The van der Waals surface area contributed by atoms with Crippen molar-refractivity contribution >= 4 is 11.8 Å². The van der Waals surface area contributed by atoms with Gasteiger partial charge in [-0.2, -0.15) is 0 Å². The predicted octanol–water partition coefficient (Wildman–Crippen LogP) is 1.46. The molecule has 1 atom stereocenters. The van der Waals surface area contributed by atoms with Gasteiger partial charge in [0, 0.05) is 12.8 Å². The summed E-state index contributed by atoms with van der Waals surface area (Å²) < 4.78 is 10.1. The van der Waals surface area contributed by atoms with Gasteiger partial charge in [-0.25, -0.2) is 9.78 Å². The number of ether oxygens (including phenoxy) is 2. The van der Waals surface area contributed by atoms with Crippen LogP contribution in [0.5, 0.6) is 0 Å². The van der Waals surface area contributed by atoms with E-state index in [1.165, 1.54) is 6.20 Å². The maximum absolute atomic E-state index is 11.4. The van der Waals surface area contributed by atoms with Crippen LogP contribution in [0.25, 0.3) is 0 Å². The number of esters is 1. The summed E-state index contributed by atoms with van der Waals surface area (Å²) in [5.41, 5.74) is 0.472. The van der Waals surface area contributed by atoms with Gasteiger partial charge in [-0.1, -0.05) is 0 Å². The van der Waals surface area contributed by atoms with Crippen LogP contribution in [0, 0.1) is 0 Å². The van der Waals surface area contributed by atoms with Gasteiger partial charge in [0.15, 0.2) is 0 Å². The standard InChI is InChI=1S/C12H16N2O3/c1-2-17-12(15)9-3-4-11(13-7-9)14-10-5-6-16-8-10/h3-4,7,10H,2,5-6,8H2,1H3,(H,13,14). The Kier molecular flexibility index (Phi) is 3.93. The Morgan fingerprint density at radius 3 is 3.12 bits per heavy atom. The summed E-state index contributed by atoms with van der Waals surface area (Å²) in [5.74, 6) is 0.421. The van der Waals surface area contributed by atoms with Crippen LogP contribution in [0.1, 0.15) is 23.7 Å². The first kappa shape index (κ1) is 11.9. The third-order valence-corrected chi connectivity index (χ3v) is 2.56. The number of nitrogens with one attached hydrogen (secondary N) is 1. The second-order valence-electron chi connectivity index (χ2n) is 3.86. The number of hydrogen-bond acceptors (Lipinski definition) is 5. The maximum atomic E-state index is 11.4. The minimum atomic E-state index is -0.337. The molecule has 0 aromatic carbocycles. The summed E-state index contributed by atoms with van der Waals surface area (Å²) in [6.45, 7) is 3.65. The van der Waals surface area contributed by atoms with E-state index in [-0.39, 0.29) is 5.97 Å². The Balaban J connectivity index is 1.94. The van der Waals surface area contributed by atoms with Crippen LogP contribution >= 0.6 is 0 Å². The summed E-state index contributed by atoms with van der Waals surface area (Å²) >= 11 is 0. The molecule has 5 heteroatoms. The highest BCUT2D eigenvalue weighted by molar-refractivity contribution is 5.89. The van der Waals surface area contributed by atoms with E-state index in [9.17, 15) is 4.79 Å². The van der Waals surface area contributed by atoms with Gasteiger partial charge in [0.25, 0.3) is 0 Å². The minimum Gasteiger partial charge on any atom is -0.462 e. The number of rotatable bonds is 4. The molecule has 0 bridgehead atoms. The zero-order valence-electron chi connectivity index (χ0n) is 9.81. The average Bonchev–Trinajstić information content (AvgIpc) is 2.83. The van der Waals surface area contributed by atoms with Crippen LogP contribution in [0.15, 0.2) is 18.3 Å². The maximum Gasteiger partial charge on any atom is 0.339 e. The molecule has 1 aliphatic heterocycles. The summed E-state index contributed by atoms with van der Waals surface area (Å²) in [4.78, 5) is 15.6. The molecular weight excluding hydrogens is 220 g/mol. The molecule has 1 unspecified atom stereocenters. The van der Waals surface area contributed by atoms with Crippen molar-refractivity contribution < 1.29 is 14.3 Å². The molecule has 92 valence electrons. The predicted molar refractivity (Wildman–Crippen MR) is 63.0 cm³/mol. The van der Waals surface area contributed by atoms with E-state index in [1.54, 1.807) is 19.1 Å². The van der Waals surface area contributed by atoms with Gasteiger partial charge in [-0.15, -0.1) is 0 Å². The molecule has 17 heavy (non-hydrogen) atoms. The molecule has 0 saturated carbocycles. The first-order valence-corrected chi connectivity index (χ1v) is 5.77. The van der Waals surface area contributed by atoms with E-state index in [0.29, 0.717) is 24.8 Å². The van der Waals surface area contributed by atoms with Crippen LogP contribution in [0.2, 0.25) is 0 Å². The van der Waals surface area contributed by atoms with Crippen molar-refractivity contribution in [2.75, 3.05) is 25.1 Å². The molecule has 1 aromatic rings. The van der Waals surface area contributed by atoms with Crippen molar-refractivity contribution in [2.24, 2.45) is 0 Å². The van der Waals surface area contributed by atoms with Crippen molar-refractivity contribution in [1.82, 2.24) is 4.98 Å². The average molecular weight is 236 g/mol. The second-order valence-corrected chi connectivity index (χ2v) is 3.86. The SMILES string of the molecule is CCOC(=O)c1ccc(NC2CCOC2)nc1. The van der Waals surface area contributed by atoms with E-state index in [0.717, 1.165) is 18.8 Å². The van der Waals surface area contributed by atoms with Gasteiger partial charge in [-0.3, -0.25) is 0 Å². The quantitative estimate of drug-likeness (QED) is 0.802. The number of hydrogen-bond donors (Lipinski definition) is 1. The lowest BCUT2D eigenvalue weighted by Crippen LogP contribution is -2.19. The fourth-order valence-corrected chi connectivity index (χ4v) is 1.67. The zero-order chi connectivity index (χ0) is 12.1. The van der Waals surface area contributed by atoms with Crippen molar-refractivity contribution in [3.8, 4) is 0 Å². The van der Waals surface area contributed by atoms with Crippen LogP contribution < -0.4 is 5.32 Å². The number of pyridine rings is 1. The summed E-state index contributed by atoms with van der Waals surface area (Å²) in [6, 6.07) is 3.81. The summed E-state index contributed by atoms with van der Waals surface area (Å²) in [7, 11) is 0. The molecule has 1 fully saturated rings. The van der Waals surface area contributed by atoms with Gasteiger partial charge in [-0.05, 0) is 25.5 Å². The van der Waals surface area contributed by atoms with Gasteiger partial charge >= 0.3 is 5.97 Å². The van der Waals surface area contributed by atoms with Crippen molar-refractivity contribution in [2.45, 2.75) is 19.4 Å². The lowest BCUT2D eigenvalue weighted by molar-refractivity contribution is 0.0526. The topological polar surface area (TPSA) is 60.5 Å². The number of nitrogens with zero attached hydrogens (tertiary/aromatic N) is 1. The molecule has 1 N–H and O–H groups in total. The molecular formula is C12H16N2O3. The molecule has 2 heterocycles. The molecule has 1 aromatic heterocycles. The van der Waals surface area contributed by atoms with Crippen molar-refractivity contribution in [1.29, 1.82) is 0 Å². The van der Waals surface area contributed by atoms with Gasteiger partial charge < -0.3 is 14.8 Å². The lowest BCUT2D eigenvalue weighted by Gasteiger charge is -2.11. The van der Waals surface area contributed by atoms with Crippen LogP contribution in [0.3, 0.4) is 0 Å². The van der Waals surface area contributed by atoms with Crippen LogP contribution in [0.4, 0.5) is 5.82 Å². The van der Waals surface area contributed by atoms with E-state index in [1.807, 2.05) is 0 Å². The highest BCUT2D eigenvalue weighted by Gasteiger charge is 2.15. The van der Waals surface area contributed by atoms with Gasteiger partial charge in [0.05, 0.1) is 24.8 Å². The van der Waals surface area contributed by atoms with Crippen LogP contribution in [-0.2, 0) is 9.47 Å². The molecule has 1 saturated heterocycles. The minimum absolute atomic E-state index is 0.316. The first-order valence-electron chi connectivity index (χ1n) is 5.77. The zero-order valence-corrected chi connectivity index (χ0v) is 9.81. The Hall–Kier alpha value is -1.62. The first-order chi connectivity index (χ1) is 8.29. The smallest absolute Gasteiger partial charge is 0.339 e. The molecule has 0 radical (unpaired) electrons. The van der Waals surface area contributed by atoms with Crippen molar-refractivity contribution in [3.05, 3.63) is 23.9 Å². The normalized spacial score (nSPS) is 19.0. The lowest BCUT2D eigenvalue weighted by atomic mass is 10.2. The third kappa shape index (κ3) is 3.17. The Bertz CT molecular complexity index is 372. The largest absolute Gasteiger partial charge is 0.462 e. The Morgan fingerprint density at radius 2 is 2.53 bits per heavy atom. The highest BCUT2D eigenvalue weighted by Crippen LogP contribution is 2.12. The van der Waals surface area contributed by atoms with E-state index in [4.69, 9.17) is 9.47 Å². The monoisotopic (exact) mass is 236 g/mol. The van der Waals surface area contributed by atoms with E-state index >= 15 is 0 Å². The summed E-state index contributed by atoms with van der Waals surface area (Å²) in [5, 5.41) is 3.25. The molecule has 5 nitrogen and oxygen atoms in total. The molecule has 1 aliphatic rings. The van der Waals surface area contributed by atoms with E-state index in [2.05, 4.69) is 10.3 Å². The van der Waals surface area contributed by atoms with E-state index < -0.39 is 0 Å². The highest BCUT2D eigenvalue weighted by atomic mass is 16.5. The number of carbonyl (C=O) groups excluding carboxylic acids is 1. The van der Waals surface area contributed by atoms with Gasteiger partial charge in [0.2, 0.25) is 0 Å². The Labute approximate surface area is 100 Å². The third-order valence-electron chi connectivity index (χ3n) is 2.56. The molecule has 0 spiro atoms. The van der Waals surface area contributed by atoms with Gasteiger partial charge in [0.1, 0.15) is 5.82 Å². The molecule has 2 rings (SSSR count). The fourth-order valence-electron chi connectivity index (χ4n) is 1.67. The molecule has 0 aliphatic carbocycles. The number of anilines is 1. The van der Waals surface area contributed by atoms with Crippen LogP contribution in [-0.4, -0.2) is 36.8 Å². The number of aromatic nitrogens is 1. The Morgan fingerprint density at radius 1 is 1.65 bits per heavy atom. The fraction of sp³-hybridized carbons (Fsp3) is 0.500. The second kappa shape index (κ2) is 5.63. The molecule has 0 amide bonds.